The van der Waals surface area contributed by atoms with E-state index < -0.39 is 0 Å². The number of hydrogen-bond acceptors (Lipinski definition) is 4. The van der Waals surface area contributed by atoms with Gasteiger partial charge in [0.2, 0.25) is 5.91 Å². The average molecular weight is 264 g/mol. The Labute approximate surface area is 113 Å². The SMILES string of the molecule is CC(C)C(=O)Nc1ccc(N)cc1OC(=O)C(C)C. The number of ether oxygens (including phenoxy) is 1. The summed E-state index contributed by atoms with van der Waals surface area (Å²) >= 11 is 0. The van der Waals surface area contributed by atoms with Gasteiger partial charge in [-0.1, -0.05) is 27.7 Å². The Morgan fingerprint density at radius 2 is 1.79 bits per heavy atom. The largest absolute Gasteiger partial charge is 0.424 e. The van der Waals surface area contributed by atoms with E-state index in [1.54, 1.807) is 39.8 Å². The number of carbonyl (C=O) groups is 2. The van der Waals surface area contributed by atoms with Crippen molar-refractivity contribution in [3.05, 3.63) is 18.2 Å². The van der Waals surface area contributed by atoms with Gasteiger partial charge >= 0.3 is 5.97 Å². The minimum Gasteiger partial charge on any atom is -0.424 e. The zero-order valence-corrected chi connectivity index (χ0v) is 11.7. The first kappa shape index (κ1) is 15.0. The Kier molecular flexibility index (Phi) is 4.92. The molecule has 1 rings (SSSR count). The predicted octanol–water partition coefficient (Wildman–Crippen LogP) is 2.42. The van der Waals surface area contributed by atoms with Crippen molar-refractivity contribution in [3.8, 4) is 5.75 Å². The molecule has 0 aliphatic rings. The Hall–Kier alpha value is -2.04. The van der Waals surface area contributed by atoms with E-state index in [2.05, 4.69) is 5.32 Å². The van der Waals surface area contributed by atoms with E-state index in [-0.39, 0.29) is 29.5 Å². The lowest BCUT2D eigenvalue weighted by Gasteiger charge is -2.14. The third kappa shape index (κ3) is 4.28. The van der Waals surface area contributed by atoms with Crippen LogP contribution in [0, 0.1) is 11.8 Å². The van der Waals surface area contributed by atoms with Gasteiger partial charge in [0, 0.05) is 17.7 Å². The van der Waals surface area contributed by atoms with Crippen molar-refractivity contribution in [2.24, 2.45) is 11.8 Å². The fourth-order valence-electron chi connectivity index (χ4n) is 1.23. The van der Waals surface area contributed by atoms with Gasteiger partial charge in [-0.05, 0) is 12.1 Å². The maximum Gasteiger partial charge on any atom is 0.313 e. The Morgan fingerprint density at radius 1 is 1.16 bits per heavy atom. The molecule has 1 amide bonds. The first-order valence-corrected chi connectivity index (χ1v) is 6.23. The van der Waals surface area contributed by atoms with Gasteiger partial charge in [0.25, 0.3) is 0 Å². The normalized spacial score (nSPS) is 10.6. The number of esters is 1. The summed E-state index contributed by atoms with van der Waals surface area (Å²) in [5.74, 6) is -0.661. The van der Waals surface area contributed by atoms with Crippen LogP contribution in [-0.2, 0) is 9.59 Å². The highest BCUT2D eigenvalue weighted by molar-refractivity contribution is 5.94. The number of carbonyl (C=O) groups excluding carboxylic acids is 2. The number of nitrogens with one attached hydrogen (secondary N) is 1. The van der Waals surface area contributed by atoms with Crippen LogP contribution in [0.15, 0.2) is 18.2 Å². The monoisotopic (exact) mass is 264 g/mol. The van der Waals surface area contributed by atoms with Gasteiger partial charge < -0.3 is 15.8 Å². The smallest absolute Gasteiger partial charge is 0.313 e. The van der Waals surface area contributed by atoms with E-state index in [0.717, 1.165) is 0 Å². The molecule has 0 heterocycles. The molecule has 0 aromatic heterocycles. The predicted molar refractivity (Wildman–Crippen MR) is 74.8 cm³/mol. The van der Waals surface area contributed by atoms with Crippen LogP contribution in [0.4, 0.5) is 11.4 Å². The topological polar surface area (TPSA) is 81.4 Å². The fourth-order valence-corrected chi connectivity index (χ4v) is 1.23. The summed E-state index contributed by atoms with van der Waals surface area (Å²) < 4.78 is 5.23. The van der Waals surface area contributed by atoms with Gasteiger partial charge in [0.15, 0.2) is 5.75 Å². The van der Waals surface area contributed by atoms with Crippen LogP contribution in [0.25, 0.3) is 0 Å². The highest BCUT2D eigenvalue weighted by Crippen LogP contribution is 2.28. The summed E-state index contributed by atoms with van der Waals surface area (Å²) in [5, 5.41) is 2.71. The van der Waals surface area contributed by atoms with Crippen molar-refractivity contribution < 1.29 is 14.3 Å². The molecule has 0 spiro atoms. The summed E-state index contributed by atoms with van der Waals surface area (Å²) in [6.07, 6.45) is 0. The molecular formula is C14H20N2O3. The second kappa shape index (κ2) is 6.22. The van der Waals surface area contributed by atoms with Crippen molar-refractivity contribution >= 4 is 23.3 Å². The van der Waals surface area contributed by atoms with Crippen molar-refractivity contribution in [1.29, 1.82) is 0 Å². The minimum absolute atomic E-state index is 0.147. The lowest BCUT2D eigenvalue weighted by molar-refractivity contribution is -0.137. The molecule has 0 saturated heterocycles. The average Bonchev–Trinajstić information content (AvgIpc) is 2.32. The number of anilines is 2. The minimum atomic E-state index is -0.370. The Morgan fingerprint density at radius 3 is 2.32 bits per heavy atom. The number of benzene rings is 1. The third-order valence-electron chi connectivity index (χ3n) is 2.47. The van der Waals surface area contributed by atoms with Gasteiger partial charge in [-0.3, -0.25) is 9.59 Å². The van der Waals surface area contributed by atoms with E-state index in [9.17, 15) is 9.59 Å². The highest BCUT2D eigenvalue weighted by Gasteiger charge is 2.15. The van der Waals surface area contributed by atoms with Crippen LogP contribution in [0.1, 0.15) is 27.7 Å². The molecule has 1 aromatic rings. The molecule has 5 heteroatoms. The molecule has 19 heavy (non-hydrogen) atoms. The summed E-state index contributed by atoms with van der Waals surface area (Å²) in [5.41, 5.74) is 6.58. The quantitative estimate of drug-likeness (QED) is 0.497. The molecule has 0 bridgehead atoms. The van der Waals surface area contributed by atoms with Crippen LogP contribution in [0.2, 0.25) is 0 Å². The summed E-state index contributed by atoms with van der Waals surface area (Å²) in [7, 11) is 0. The molecule has 0 saturated carbocycles. The van der Waals surface area contributed by atoms with Crippen LogP contribution in [0.5, 0.6) is 5.75 Å². The van der Waals surface area contributed by atoms with Gasteiger partial charge in [-0.2, -0.15) is 0 Å². The van der Waals surface area contributed by atoms with Gasteiger partial charge in [-0.15, -0.1) is 0 Å². The maximum atomic E-state index is 11.7. The molecule has 0 aliphatic carbocycles. The van der Waals surface area contributed by atoms with Crippen LogP contribution in [-0.4, -0.2) is 11.9 Å². The summed E-state index contributed by atoms with van der Waals surface area (Å²) in [4.78, 5) is 23.3. The lowest BCUT2D eigenvalue weighted by atomic mass is 10.2. The van der Waals surface area contributed by atoms with Crippen molar-refractivity contribution in [1.82, 2.24) is 0 Å². The molecule has 5 nitrogen and oxygen atoms in total. The zero-order valence-electron chi connectivity index (χ0n) is 11.7. The van der Waals surface area contributed by atoms with Crippen molar-refractivity contribution in [3.63, 3.8) is 0 Å². The van der Waals surface area contributed by atoms with Crippen LogP contribution in [0.3, 0.4) is 0 Å². The van der Waals surface area contributed by atoms with Crippen molar-refractivity contribution in [2.45, 2.75) is 27.7 Å². The molecular weight excluding hydrogens is 244 g/mol. The molecule has 104 valence electrons. The second-order valence-corrected chi connectivity index (χ2v) is 4.98. The number of rotatable bonds is 4. The number of nitrogen functional groups attached to an aromatic ring is 1. The number of amides is 1. The highest BCUT2D eigenvalue weighted by atomic mass is 16.5. The summed E-state index contributed by atoms with van der Waals surface area (Å²) in [6.45, 7) is 7.04. The van der Waals surface area contributed by atoms with E-state index in [4.69, 9.17) is 10.5 Å². The van der Waals surface area contributed by atoms with Crippen molar-refractivity contribution in [2.75, 3.05) is 11.1 Å². The molecule has 1 aromatic carbocycles. The van der Waals surface area contributed by atoms with E-state index in [1.165, 1.54) is 6.07 Å². The molecule has 0 radical (unpaired) electrons. The lowest BCUT2D eigenvalue weighted by Crippen LogP contribution is -2.20. The first-order valence-electron chi connectivity index (χ1n) is 6.23. The number of hydrogen-bond donors (Lipinski definition) is 2. The third-order valence-corrected chi connectivity index (χ3v) is 2.47. The van der Waals surface area contributed by atoms with Gasteiger partial charge in [0.1, 0.15) is 0 Å². The van der Waals surface area contributed by atoms with E-state index in [0.29, 0.717) is 11.4 Å². The molecule has 0 aliphatic heterocycles. The summed E-state index contributed by atoms with van der Waals surface area (Å²) in [6, 6.07) is 4.79. The van der Waals surface area contributed by atoms with E-state index >= 15 is 0 Å². The zero-order chi connectivity index (χ0) is 14.6. The fraction of sp³-hybridized carbons (Fsp3) is 0.429. The second-order valence-electron chi connectivity index (χ2n) is 4.98. The maximum absolute atomic E-state index is 11.7. The van der Waals surface area contributed by atoms with Crippen LogP contribution >= 0.6 is 0 Å². The van der Waals surface area contributed by atoms with E-state index in [1.807, 2.05) is 0 Å². The molecule has 3 N–H and O–H groups in total. The van der Waals surface area contributed by atoms with Gasteiger partial charge in [-0.25, -0.2) is 0 Å². The van der Waals surface area contributed by atoms with Crippen LogP contribution < -0.4 is 15.8 Å². The Bertz CT molecular complexity index is 482. The number of nitrogens with two attached hydrogens (primary N) is 1. The standard InChI is InChI=1S/C14H20N2O3/c1-8(2)13(17)16-11-6-5-10(15)7-12(11)19-14(18)9(3)4/h5-9H,15H2,1-4H3,(H,16,17). The molecule has 0 unspecified atom stereocenters. The molecule has 0 atom stereocenters. The van der Waals surface area contributed by atoms with Gasteiger partial charge in [0.05, 0.1) is 11.6 Å². The Balaban J connectivity index is 2.98. The first-order chi connectivity index (χ1) is 8.81. The molecule has 0 fully saturated rings.